The van der Waals surface area contributed by atoms with Crippen LogP contribution in [0.5, 0.6) is 0 Å². The lowest BCUT2D eigenvalue weighted by Gasteiger charge is -2.08. The van der Waals surface area contributed by atoms with Gasteiger partial charge in [0.25, 0.3) is 10.0 Å². The molecular formula is C16H15N3O4S. The first-order valence-electron chi connectivity index (χ1n) is 7.25. The van der Waals surface area contributed by atoms with Crippen LogP contribution in [0.3, 0.4) is 0 Å². The fourth-order valence-corrected chi connectivity index (χ4v) is 3.61. The Labute approximate surface area is 138 Å². The van der Waals surface area contributed by atoms with E-state index in [1.165, 1.54) is 28.4 Å². The second-order valence-corrected chi connectivity index (χ2v) is 6.69. The molecule has 1 amide bonds. The number of aromatic nitrogens is 2. The van der Waals surface area contributed by atoms with Crippen molar-refractivity contribution >= 4 is 33.0 Å². The van der Waals surface area contributed by atoms with E-state index < -0.39 is 16.1 Å². The third kappa shape index (κ3) is 2.95. The zero-order valence-corrected chi connectivity index (χ0v) is 13.7. The van der Waals surface area contributed by atoms with Crippen LogP contribution in [-0.4, -0.2) is 30.1 Å². The first-order valence-corrected chi connectivity index (χ1v) is 8.69. The van der Waals surface area contributed by atoms with Crippen LogP contribution in [0, 0.1) is 0 Å². The third-order valence-corrected chi connectivity index (χ3v) is 5.02. The molecule has 7 nitrogen and oxygen atoms in total. The quantitative estimate of drug-likeness (QED) is 0.785. The van der Waals surface area contributed by atoms with Gasteiger partial charge in [0.15, 0.2) is 0 Å². The molecule has 3 aromatic rings. The molecule has 0 saturated heterocycles. The third-order valence-electron chi connectivity index (χ3n) is 3.31. The van der Waals surface area contributed by atoms with Crippen LogP contribution in [0.15, 0.2) is 59.6 Å². The maximum atomic E-state index is 12.7. The Morgan fingerprint density at radius 2 is 1.92 bits per heavy atom. The van der Waals surface area contributed by atoms with Gasteiger partial charge >= 0.3 is 6.09 Å². The van der Waals surface area contributed by atoms with Gasteiger partial charge in [-0.2, -0.15) is 0 Å². The van der Waals surface area contributed by atoms with Crippen molar-refractivity contribution in [1.29, 1.82) is 0 Å². The van der Waals surface area contributed by atoms with Crippen molar-refractivity contribution in [1.82, 2.24) is 8.96 Å². The van der Waals surface area contributed by atoms with Crippen LogP contribution in [-0.2, 0) is 14.8 Å². The number of pyridine rings is 1. The molecule has 0 fully saturated rings. The Balaban J connectivity index is 1.99. The van der Waals surface area contributed by atoms with Gasteiger partial charge < -0.3 is 4.74 Å². The van der Waals surface area contributed by atoms with Gasteiger partial charge in [0, 0.05) is 6.20 Å². The van der Waals surface area contributed by atoms with Crippen molar-refractivity contribution < 1.29 is 17.9 Å². The fourth-order valence-electron chi connectivity index (χ4n) is 2.25. The lowest BCUT2D eigenvalue weighted by molar-refractivity contribution is 0.168. The monoisotopic (exact) mass is 345 g/mol. The van der Waals surface area contributed by atoms with Crippen molar-refractivity contribution in [3.63, 3.8) is 0 Å². The summed E-state index contributed by atoms with van der Waals surface area (Å²) in [5, 5.41) is 2.48. The number of anilines is 1. The van der Waals surface area contributed by atoms with Crippen LogP contribution in [0.1, 0.15) is 6.92 Å². The van der Waals surface area contributed by atoms with E-state index in [4.69, 9.17) is 4.74 Å². The normalized spacial score (nSPS) is 11.4. The average Bonchev–Trinajstić information content (AvgIpc) is 3.00. The molecular weight excluding hydrogens is 330 g/mol. The number of rotatable bonds is 4. The fraction of sp³-hybridized carbons (Fsp3) is 0.125. The molecule has 3 rings (SSSR count). The molecule has 0 aliphatic heterocycles. The summed E-state index contributed by atoms with van der Waals surface area (Å²) in [6.07, 6.45) is 0.828. The maximum Gasteiger partial charge on any atom is 0.412 e. The van der Waals surface area contributed by atoms with Crippen LogP contribution < -0.4 is 5.32 Å². The Hall–Kier alpha value is -2.87. The van der Waals surface area contributed by atoms with E-state index in [2.05, 4.69) is 10.3 Å². The molecule has 0 saturated carbocycles. The number of hydrogen-bond acceptors (Lipinski definition) is 5. The Bertz CT molecular complexity index is 981. The molecule has 2 heterocycles. The highest BCUT2D eigenvalue weighted by Gasteiger charge is 2.19. The van der Waals surface area contributed by atoms with Gasteiger partial charge in [-0.05, 0) is 37.3 Å². The van der Waals surface area contributed by atoms with Crippen LogP contribution in [0.2, 0.25) is 0 Å². The van der Waals surface area contributed by atoms with Gasteiger partial charge in [0.1, 0.15) is 5.82 Å². The number of fused-ring (bicyclic) bond motifs is 1. The highest BCUT2D eigenvalue weighted by atomic mass is 32.2. The first-order chi connectivity index (χ1) is 11.5. The number of benzene rings is 1. The maximum absolute atomic E-state index is 12.7. The lowest BCUT2D eigenvalue weighted by atomic mass is 10.4. The topological polar surface area (TPSA) is 90.3 Å². The molecule has 0 atom stereocenters. The zero-order valence-electron chi connectivity index (χ0n) is 12.8. The highest BCUT2D eigenvalue weighted by Crippen LogP contribution is 2.22. The molecule has 0 aliphatic carbocycles. The summed E-state index contributed by atoms with van der Waals surface area (Å²) in [5.74, 6) is 0.288. The lowest BCUT2D eigenvalue weighted by Crippen LogP contribution is -2.14. The predicted molar refractivity (Wildman–Crippen MR) is 89.4 cm³/mol. The molecule has 124 valence electrons. The van der Waals surface area contributed by atoms with Gasteiger partial charge in [-0.15, -0.1) is 0 Å². The van der Waals surface area contributed by atoms with Crippen LogP contribution in [0.4, 0.5) is 10.6 Å². The van der Waals surface area contributed by atoms with Crippen LogP contribution >= 0.6 is 0 Å². The number of carbonyl (C=O) groups excluding carboxylic acids is 1. The number of nitrogens with zero attached hydrogens (tertiary/aromatic N) is 2. The van der Waals surface area contributed by atoms with E-state index in [1.54, 1.807) is 37.3 Å². The summed E-state index contributed by atoms with van der Waals surface area (Å²) in [7, 11) is -3.70. The Morgan fingerprint density at radius 3 is 2.62 bits per heavy atom. The largest absolute Gasteiger partial charge is 0.450 e. The smallest absolute Gasteiger partial charge is 0.412 e. The minimum absolute atomic E-state index is 0.191. The molecule has 8 heteroatoms. The van der Waals surface area contributed by atoms with Crippen molar-refractivity contribution in [2.75, 3.05) is 11.9 Å². The summed E-state index contributed by atoms with van der Waals surface area (Å²) in [4.78, 5) is 15.8. The molecule has 1 aromatic carbocycles. The predicted octanol–water partition coefficient (Wildman–Crippen LogP) is 2.84. The minimum Gasteiger partial charge on any atom is -0.450 e. The second-order valence-electron chi connectivity index (χ2n) is 4.88. The molecule has 0 spiro atoms. The highest BCUT2D eigenvalue weighted by molar-refractivity contribution is 7.90. The van der Waals surface area contributed by atoms with Gasteiger partial charge in [-0.3, -0.25) is 5.32 Å². The molecule has 24 heavy (non-hydrogen) atoms. The van der Waals surface area contributed by atoms with Gasteiger partial charge in [0.2, 0.25) is 0 Å². The number of amides is 1. The standard InChI is InChI=1S/C16H15N3O4S/c1-2-23-16(20)18-15-9-8-14-13(17-15)10-11-19(14)24(21,22)12-6-4-3-5-7-12/h3-11H,2H2,1H3,(H,17,18,20). The molecule has 0 aliphatic rings. The summed E-state index contributed by atoms with van der Waals surface area (Å²) < 4.78 is 31.4. The van der Waals surface area contributed by atoms with E-state index in [1.807, 2.05) is 0 Å². The van der Waals surface area contributed by atoms with Crippen molar-refractivity contribution in [2.45, 2.75) is 11.8 Å². The van der Waals surface area contributed by atoms with Crippen molar-refractivity contribution in [3.8, 4) is 0 Å². The second kappa shape index (κ2) is 6.32. The average molecular weight is 345 g/mol. The molecule has 2 aromatic heterocycles. The van der Waals surface area contributed by atoms with E-state index in [0.717, 1.165) is 0 Å². The minimum atomic E-state index is -3.70. The summed E-state index contributed by atoms with van der Waals surface area (Å²) in [5.41, 5.74) is 0.872. The van der Waals surface area contributed by atoms with E-state index in [-0.39, 0.29) is 17.3 Å². The van der Waals surface area contributed by atoms with Gasteiger partial charge in [0.05, 0.1) is 22.5 Å². The van der Waals surface area contributed by atoms with Crippen molar-refractivity contribution in [3.05, 3.63) is 54.7 Å². The van der Waals surface area contributed by atoms with E-state index in [9.17, 15) is 13.2 Å². The summed E-state index contributed by atoms with van der Waals surface area (Å²) in [6.45, 7) is 1.95. The number of carbonyl (C=O) groups is 1. The van der Waals surface area contributed by atoms with E-state index in [0.29, 0.717) is 11.0 Å². The molecule has 0 unspecified atom stereocenters. The number of ether oxygens (including phenoxy) is 1. The summed E-state index contributed by atoms with van der Waals surface area (Å²) in [6, 6.07) is 12.8. The summed E-state index contributed by atoms with van der Waals surface area (Å²) >= 11 is 0. The zero-order chi connectivity index (χ0) is 17.2. The molecule has 0 radical (unpaired) electrons. The van der Waals surface area contributed by atoms with E-state index >= 15 is 0 Å². The van der Waals surface area contributed by atoms with Crippen molar-refractivity contribution in [2.24, 2.45) is 0 Å². The Morgan fingerprint density at radius 1 is 1.17 bits per heavy atom. The van der Waals surface area contributed by atoms with Gasteiger partial charge in [-0.1, -0.05) is 18.2 Å². The SMILES string of the molecule is CCOC(=O)Nc1ccc2c(ccn2S(=O)(=O)c2ccccc2)n1. The van der Waals surface area contributed by atoms with Gasteiger partial charge in [-0.25, -0.2) is 22.2 Å². The first kappa shape index (κ1) is 16.0. The number of nitrogens with one attached hydrogen (secondary N) is 1. The number of hydrogen-bond donors (Lipinski definition) is 1. The molecule has 0 bridgehead atoms. The van der Waals surface area contributed by atoms with Crippen LogP contribution in [0.25, 0.3) is 11.0 Å². The Kier molecular flexibility index (Phi) is 4.22. The molecule has 1 N–H and O–H groups in total.